The van der Waals surface area contributed by atoms with Crippen molar-refractivity contribution in [1.82, 2.24) is 14.3 Å². The van der Waals surface area contributed by atoms with Gasteiger partial charge in [-0.05, 0) is 43.2 Å². The van der Waals surface area contributed by atoms with E-state index >= 15 is 0 Å². The van der Waals surface area contributed by atoms with Crippen molar-refractivity contribution in [2.45, 2.75) is 30.2 Å². The van der Waals surface area contributed by atoms with Crippen molar-refractivity contribution >= 4 is 57.7 Å². The molecule has 1 amide bonds. The molecule has 1 aromatic carbocycles. The molecule has 0 spiro atoms. The van der Waals surface area contributed by atoms with E-state index in [9.17, 15) is 9.59 Å². The third kappa shape index (κ3) is 3.95. The van der Waals surface area contributed by atoms with Gasteiger partial charge in [0, 0.05) is 17.6 Å². The van der Waals surface area contributed by atoms with Gasteiger partial charge in [-0.1, -0.05) is 66.9 Å². The molecule has 0 N–H and O–H groups in total. The van der Waals surface area contributed by atoms with Crippen molar-refractivity contribution in [2.24, 2.45) is 0 Å². The number of nitrogens with zero attached hydrogens (tertiary/aromatic N) is 3. The number of amides is 1. The van der Waals surface area contributed by atoms with Crippen LogP contribution in [0.1, 0.15) is 24.5 Å². The average Bonchev–Trinajstić information content (AvgIpc) is 3.00. The second kappa shape index (κ2) is 8.75. The topological polar surface area (TPSA) is 54.7 Å². The minimum atomic E-state index is -0.206. The fraction of sp³-hybridized carbons (Fsp3) is 0.182. The van der Waals surface area contributed by atoms with Gasteiger partial charge in [0.1, 0.15) is 15.0 Å². The van der Waals surface area contributed by atoms with Crippen molar-refractivity contribution in [2.75, 3.05) is 6.54 Å². The second-order valence-electron chi connectivity index (χ2n) is 6.77. The monoisotopic (exact) mass is 453 g/mol. The third-order valence-corrected chi connectivity index (χ3v) is 6.99. The number of aryl methyl sites for hydroxylation is 1. The summed E-state index contributed by atoms with van der Waals surface area (Å²) in [6, 6.07) is 13.5. The summed E-state index contributed by atoms with van der Waals surface area (Å²) in [5.41, 5.74) is 1.70. The first-order valence-corrected chi connectivity index (χ1v) is 11.5. The molecule has 0 radical (unpaired) electrons. The Balaban J connectivity index is 1.88. The van der Waals surface area contributed by atoms with Crippen LogP contribution in [0, 0.1) is 6.92 Å². The molecule has 0 unspecified atom stereocenters. The van der Waals surface area contributed by atoms with Crippen molar-refractivity contribution in [3.05, 3.63) is 75.0 Å². The zero-order valence-corrected chi connectivity index (χ0v) is 18.9. The zero-order valence-electron chi connectivity index (χ0n) is 16.5. The molecular formula is C22H19N3O2S3. The van der Waals surface area contributed by atoms with Gasteiger partial charge in [0.2, 0.25) is 0 Å². The Bertz CT molecular complexity index is 1240. The highest BCUT2D eigenvalue weighted by atomic mass is 32.2. The van der Waals surface area contributed by atoms with Crippen LogP contribution in [0.4, 0.5) is 0 Å². The van der Waals surface area contributed by atoms with Crippen LogP contribution in [0.3, 0.4) is 0 Å². The van der Waals surface area contributed by atoms with E-state index in [0.717, 1.165) is 16.9 Å². The quantitative estimate of drug-likeness (QED) is 0.315. The molecule has 8 heteroatoms. The Morgan fingerprint density at radius 1 is 1.17 bits per heavy atom. The number of hydrogen-bond donors (Lipinski definition) is 0. The predicted octanol–water partition coefficient (Wildman–Crippen LogP) is 4.77. The molecule has 152 valence electrons. The molecular weight excluding hydrogens is 434 g/mol. The van der Waals surface area contributed by atoms with Gasteiger partial charge in [0.15, 0.2) is 0 Å². The Hall–Kier alpha value is -2.42. The molecule has 1 fully saturated rings. The number of hydrogen-bond acceptors (Lipinski definition) is 6. The molecule has 0 aliphatic carbocycles. The van der Waals surface area contributed by atoms with E-state index < -0.39 is 0 Å². The lowest BCUT2D eigenvalue weighted by atomic mass is 10.2. The number of fused-ring (bicyclic) bond motifs is 1. The number of thioether (sulfide) groups is 1. The van der Waals surface area contributed by atoms with E-state index in [2.05, 4.69) is 0 Å². The molecule has 1 aliphatic heterocycles. The van der Waals surface area contributed by atoms with Gasteiger partial charge < -0.3 is 0 Å². The summed E-state index contributed by atoms with van der Waals surface area (Å²) < 4.78 is 2.05. The molecule has 1 aliphatic rings. The number of carbonyl (C=O) groups excluding carboxylic acids is 1. The Kier molecular flexibility index (Phi) is 6.08. The summed E-state index contributed by atoms with van der Waals surface area (Å²) in [6.07, 6.45) is 4.16. The van der Waals surface area contributed by atoms with Gasteiger partial charge in [-0.3, -0.25) is 18.9 Å². The molecule has 0 saturated carbocycles. The number of aromatic nitrogens is 2. The summed E-state index contributed by atoms with van der Waals surface area (Å²) in [5, 5.41) is 0.571. The highest BCUT2D eigenvalue weighted by Gasteiger charge is 2.32. The van der Waals surface area contributed by atoms with Crippen LogP contribution in [0.15, 0.2) is 68.3 Å². The highest BCUT2D eigenvalue weighted by molar-refractivity contribution is 8.26. The zero-order chi connectivity index (χ0) is 21.3. The van der Waals surface area contributed by atoms with Crippen LogP contribution >= 0.6 is 35.7 Å². The van der Waals surface area contributed by atoms with E-state index in [4.69, 9.17) is 17.2 Å². The molecule has 4 rings (SSSR count). The van der Waals surface area contributed by atoms with Gasteiger partial charge in [0.05, 0.1) is 10.5 Å². The van der Waals surface area contributed by atoms with Gasteiger partial charge in [-0.2, -0.15) is 0 Å². The van der Waals surface area contributed by atoms with Crippen LogP contribution in [0.2, 0.25) is 0 Å². The maximum atomic E-state index is 13.4. The van der Waals surface area contributed by atoms with Crippen LogP contribution in [0.5, 0.6) is 0 Å². The summed E-state index contributed by atoms with van der Waals surface area (Å²) in [7, 11) is 0. The SMILES string of the molecule is CCCN1C(=O)C(=Cc2c(Sc3ccccc3)nc3c(C)cccn3c2=O)SC1=S. The minimum absolute atomic E-state index is 0.156. The normalized spacial score (nSPS) is 15.5. The Morgan fingerprint density at radius 2 is 1.93 bits per heavy atom. The maximum absolute atomic E-state index is 13.4. The molecule has 2 aromatic heterocycles. The van der Waals surface area contributed by atoms with Crippen molar-refractivity contribution < 1.29 is 4.79 Å². The lowest BCUT2D eigenvalue weighted by Gasteiger charge is -2.12. The molecule has 30 heavy (non-hydrogen) atoms. The van der Waals surface area contributed by atoms with E-state index in [1.54, 1.807) is 17.2 Å². The number of benzene rings is 1. The smallest absolute Gasteiger partial charge is 0.266 e. The lowest BCUT2D eigenvalue weighted by molar-refractivity contribution is -0.122. The molecule has 0 atom stereocenters. The molecule has 0 bridgehead atoms. The van der Waals surface area contributed by atoms with E-state index in [1.807, 2.05) is 56.3 Å². The highest BCUT2D eigenvalue weighted by Crippen LogP contribution is 2.35. The summed E-state index contributed by atoms with van der Waals surface area (Å²) >= 11 is 8.01. The van der Waals surface area contributed by atoms with Crippen LogP contribution in [-0.4, -0.2) is 31.1 Å². The van der Waals surface area contributed by atoms with E-state index in [1.165, 1.54) is 27.9 Å². The molecule has 1 saturated heterocycles. The van der Waals surface area contributed by atoms with Crippen LogP contribution in [0.25, 0.3) is 11.7 Å². The standard InChI is InChI=1S/C22H19N3O2S3/c1-3-11-25-21(27)17(30-22(25)28)13-16-19(29-15-9-5-4-6-10-15)23-18-14(2)8-7-12-24(18)20(16)26/h4-10,12-13H,3,11H2,1-2H3. The van der Waals surface area contributed by atoms with E-state index in [-0.39, 0.29) is 11.5 Å². The largest absolute Gasteiger partial charge is 0.293 e. The van der Waals surface area contributed by atoms with Crippen molar-refractivity contribution in [1.29, 1.82) is 0 Å². The molecule has 3 heterocycles. The van der Waals surface area contributed by atoms with Gasteiger partial charge >= 0.3 is 0 Å². The van der Waals surface area contributed by atoms with Gasteiger partial charge in [-0.25, -0.2) is 4.98 Å². The van der Waals surface area contributed by atoms with Crippen molar-refractivity contribution in [3.8, 4) is 0 Å². The number of pyridine rings is 1. The van der Waals surface area contributed by atoms with Crippen molar-refractivity contribution in [3.63, 3.8) is 0 Å². The van der Waals surface area contributed by atoms with E-state index in [0.29, 0.717) is 32.0 Å². The molecule has 5 nitrogen and oxygen atoms in total. The first kappa shape index (κ1) is 20.8. The van der Waals surface area contributed by atoms with Crippen LogP contribution in [-0.2, 0) is 4.79 Å². The fourth-order valence-corrected chi connectivity index (χ4v) is 5.34. The maximum Gasteiger partial charge on any atom is 0.266 e. The number of carbonyl (C=O) groups is 1. The Labute approximate surface area is 188 Å². The lowest BCUT2D eigenvalue weighted by Crippen LogP contribution is -2.28. The third-order valence-electron chi connectivity index (χ3n) is 4.60. The summed E-state index contributed by atoms with van der Waals surface area (Å²) in [6.45, 7) is 4.49. The molecule has 3 aromatic rings. The number of rotatable bonds is 5. The first-order chi connectivity index (χ1) is 14.5. The predicted molar refractivity (Wildman–Crippen MR) is 127 cm³/mol. The van der Waals surface area contributed by atoms with Gasteiger partial charge in [0.25, 0.3) is 11.5 Å². The second-order valence-corrected chi connectivity index (χ2v) is 9.51. The first-order valence-electron chi connectivity index (χ1n) is 9.50. The van der Waals surface area contributed by atoms with Crippen LogP contribution < -0.4 is 5.56 Å². The fourth-order valence-electron chi connectivity index (χ4n) is 3.14. The minimum Gasteiger partial charge on any atom is -0.293 e. The number of thiocarbonyl (C=S) groups is 1. The average molecular weight is 454 g/mol. The van der Waals surface area contributed by atoms with Gasteiger partial charge in [-0.15, -0.1) is 0 Å². The summed E-state index contributed by atoms with van der Waals surface area (Å²) in [5.74, 6) is -0.156. The Morgan fingerprint density at radius 3 is 2.67 bits per heavy atom. The summed E-state index contributed by atoms with van der Waals surface area (Å²) in [4.78, 5) is 34.0.